The molecule has 0 aliphatic heterocycles. The minimum Gasteiger partial charge on any atom is -0.398 e. The van der Waals surface area contributed by atoms with Gasteiger partial charge in [0.15, 0.2) is 0 Å². The number of fused-ring (bicyclic) bond motifs is 3. The highest BCUT2D eigenvalue weighted by Gasteiger charge is 2.12. The average molecular weight is 269 g/mol. The zero-order chi connectivity index (χ0) is 14.2. The molecule has 0 saturated heterocycles. The standard InChI is InChI=1S/C20H15N/c21-20-18-13-7-5-11-16(18)15-10-4-6-12-17(15)19(20)14-8-2-1-3-9-14/h1-13H,21H2. The van der Waals surface area contributed by atoms with Gasteiger partial charge in [-0.1, -0.05) is 78.9 Å². The fourth-order valence-corrected chi connectivity index (χ4v) is 3.08. The molecule has 4 rings (SSSR count). The molecule has 0 unspecified atom stereocenters. The second kappa shape index (κ2) is 4.64. The van der Waals surface area contributed by atoms with Crippen LogP contribution in [0.3, 0.4) is 0 Å². The molecule has 0 fully saturated rings. The van der Waals surface area contributed by atoms with Crippen molar-refractivity contribution in [2.75, 3.05) is 5.73 Å². The smallest absolute Gasteiger partial charge is 0.0479 e. The van der Waals surface area contributed by atoms with Crippen LogP contribution in [0.5, 0.6) is 0 Å². The zero-order valence-corrected chi connectivity index (χ0v) is 11.6. The van der Waals surface area contributed by atoms with Crippen LogP contribution in [-0.2, 0) is 0 Å². The lowest BCUT2D eigenvalue weighted by Crippen LogP contribution is -1.94. The van der Waals surface area contributed by atoms with Crippen LogP contribution in [0.2, 0.25) is 0 Å². The predicted octanol–water partition coefficient (Wildman–Crippen LogP) is 5.24. The van der Waals surface area contributed by atoms with Crippen molar-refractivity contribution in [3.05, 3.63) is 78.9 Å². The fourth-order valence-electron chi connectivity index (χ4n) is 3.08. The van der Waals surface area contributed by atoms with Crippen LogP contribution in [-0.4, -0.2) is 0 Å². The van der Waals surface area contributed by atoms with Gasteiger partial charge in [0, 0.05) is 16.6 Å². The maximum Gasteiger partial charge on any atom is 0.0479 e. The summed E-state index contributed by atoms with van der Waals surface area (Å²) in [5, 5.41) is 4.79. The minimum absolute atomic E-state index is 0.857. The molecule has 0 atom stereocenters. The zero-order valence-electron chi connectivity index (χ0n) is 11.6. The van der Waals surface area contributed by atoms with Crippen molar-refractivity contribution >= 4 is 27.2 Å². The molecule has 4 aromatic carbocycles. The third-order valence-electron chi connectivity index (χ3n) is 4.04. The quantitative estimate of drug-likeness (QED) is 0.371. The van der Waals surface area contributed by atoms with Crippen LogP contribution in [0.15, 0.2) is 78.9 Å². The second-order valence-electron chi connectivity index (χ2n) is 5.25. The van der Waals surface area contributed by atoms with Gasteiger partial charge in [-0.25, -0.2) is 0 Å². The SMILES string of the molecule is Nc1c(-c2ccccc2)c2ccccc2c2ccccc12. The number of hydrogen-bond donors (Lipinski definition) is 1. The molecule has 4 aromatic rings. The summed E-state index contributed by atoms with van der Waals surface area (Å²) in [7, 11) is 0. The molecule has 0 aromatic heterocycles. The lowest BCUT2D eigenvalue weighted by molar-refractivity contribution is 1.66. The van der Waals surface area contributed by atoms with Crippen LogP contribution in [0.25, 0.3) is 32.7 Å². The van der Waals surface area contributed by atoms with E-state index in [1.54, 1.807) is 0 Å². The summed E-state index contributed by atoms with van der Waals surface area (Å²) in [4.78, 5) is 0. The molecule has 1 heteroatoms. The summed E-state index contributed by atoms with van der Waals surface area (Å²) >= 11 is 0. The van der Waals surface area contributed by atoms with Crippen molar-refractivity contribution in [2.45, 2.75) is 0 Å². The van der Waals surface area contributed by atoms with Crippen molar-refractivity contribution in [2.24, 2.45) is 0 Å². The van der Waals surface area contributed by atoms with Crippen LogP contribution in [0.4, 0.5) is 5.69 Å². The van der Waals surface area contributed by atoms with E-state index < -0.39 is 0 Å². The Morgan fingerprint density at radius 3 is 1.62 bits per heavy atom. The van der Waals surface area contributed by atoms with Gasteiger partial charge in [0.05, 0.1) is 0 Å². The first-order chi connectivity index (χ1) is 10.4. The van der Waals surface area contributed by atoms with Crippen molar-refractivity contribution < 1.29 is 0 Å². The van der Waals surface area contributed by atoms with Gasteiger partial charge in [-0.3, -0.25) is 0 Å². The molecule has 100 valence electrons. The Bertz CT molecular complexity index is 940. The van der Waals surface area contributed by atoms with Gasteiger partial charge in [0.1, 0.15) is 0 Å². The summed E-state index contributed by atoms with van der Waals surface area (Å²) in [5.74, 6) is 0. The topological polar surface area (TPSA) is 26.0 Å². The third-order valence-corrected chi connectivity index (χ3v) is 4.04. The van der Waals surface area contributed by atoms with E-state index in [9.17, 15) is 0 Å². The van der Waals surface area contributed by atoms with E-state index in [1.165, 1.54) is 16.2 Å². The van der Waals surface area contributed by atoms with E-state index in [2.05, 4.69) is 66.7 Å². The molecule has 0 amide bonds. The number of nitrogen functional groups attached to an aromatic ring is 1. The van der Waals surface area contributed by atoms with E-state index >= 15 is 0 Å². The lowest BCUT2D eigenvalue weighted by atomic mass is 9.91. The second-order valence-corrected chi connectivity index (χ2v) is 5.25. The Labute approximate surface area is 123 Å². The van der Waals surface area contributed by atoms with Gasteiger partial charge < -0.3 is 5.73 Å². The number of hydrogen-bond acceptors (Lipinski definition) is 1. The van der Waals surface area contributed by atoms with E-state index in [-0.39, 0.29) is 0 Å². The molecule has 0 aliphatic carbocycles. The molecule has 2 N–H and O–H groups in total. The fraction of sp³-hybridized carbons (Fsp3) is 0. The third kappa shape index (κ3) is 1.78. The normalized spacial score (nSPS) is 11.0. The first-order valence-electron chi connectivity index (χ1n) is 7.10. The largest absolute Gasteiger partial charge is 0.398 e. The monoisotopic (exact) mass is 269 g/mol. The molecule has 0 saturated carbocycles. The highest BCUT2D eigenvalue weighted by Crippen LogP contribution is 2.40. The number of benzene rings is 4. The highest BCUT2D eigenvalue weighted by molar-refractivity contribution is 6.20. The summed E-state index contributed by atoms with van der Waals surface area (Å²) in [6, 6.07) is 27.2. The van der Waals surface area contributed by atoms with E-state index in [4.69, 9.17) is 5.73 Å². The lowest BCUT2D eigenvalue weighted by Gasteiger charge is -2.14. The van der Waals surface area contributed by atoms with E-state index in [1.807, 2.05) is 12.1 Å². The Kier molecular flexibility index (Phi) is 2.65. The molecule has 0 heterocycles. The molecule has 0 aliphatic rings. The molecule has 1 nitrogen and oxygen atoms in total. The van der Waals surface area contributed by atoms with Gasteiger partial charge in [0.2, 0.25) is 0 Å². The average Bonchev–Trinajstić information content (AvgIpc) is 2.56. The first kappa shape index (κ1) is 12.0. The van der Waals surface area contributed by atoms with E-state index in [0.717, 1.165) is 22.2 Å². The van der Waals surface area contributed by atoms with Crippen molar-refractivity contribution in [1.82, 2.24) is 0 Å². The molecule has 21 heavy (non-hydrogen) atoms. The Morgan fingerprint density at radius 1 is 0.476 bits per heavy atom. The van der Waals surface area contributed by atoms with Gasteiger partial charge in [0.25, 0.3) is 0 Å². The molecular formula is C20H15N. The van der Waals surface area contributed by atoms with Gasteiger partial charge in [-0.05, 0) is 21.7 Å². The predicted molar refractivity (Wildman–Crippen MR) is 91.3 cm³/mol. The van der Waals surface area contributed by atoms with Crippen LogP contribution >= 0.6 is 0 Å². The number of rotatable bonds is 1. The maximum absolute atomic E-state index is 6.52. The highest BCUT2D eigenvalue weighted by atomic mass is 14.6. The molecular weight excluding hydrogens is 254 g/mol. The summed E-state index contributed by atoms with van der Waals surface area (Å²) in [5.41, 5.74) is 9.67. The van der Waals surface area contributed by atoms with Crippen LogP contribution in [0, 0.1) is 0 Å². The van der Waals surface area contributed by atoms with Gasteiger partial charge in [-0.2, -0.15) is 0 Å². The minimum atomic E-state index is 0.857. The molecule has 0 spiro atoms. The van der Waals surface area contributed by atoms with Crippen molar-refractivity contribution in [3.63, 3.8) is 0 Å². The molecule has 0 bridgehead atoms. The first-order valence-corrected chi connectivity index (χ1v) is 7.10. The summed E-state index contributed by atoms with van der Waals surface area (Å²) in [6.45, 7) is 0. The molecule has 0 radical (unpaired) electrons. The van der Waals surface area contributed by atoms with Gasteiger partial charge in [-0.15, -0.1) is 0 Å². The van der Waals surface area contributed by atoms with Crippen molar-refractivity contribution in [1.29, 1.82) is 0 Å². The Morgan fingerprint density at radius 2 is 0.952 bits per heavy atom. The summed E-state index contributed by atoms with van der Waals surface area (Å²) in [6.07, 6.45) is 0. The van der Waals surface area contributed by atoms with Crippen LogP contribution in [0.1, 0.15) is 0 Å². The van der Waals surface area contributed by atoms with E-state index in [0.29, 0.717) is 0 Å². The number of anilines is 1. The maximum atomic E-state index is 6.52. The number of nitrogens with two attached hydrogens (primary N) is 1. The Hall–Kier alpha value is -2.80. The Balaban J connectivity index is 2.26. The van der Waals surface area contributed by atoms with Crippen LogP contribution < -0.4 is 5.73 Å². The van der Waals surface area contributed by atoms with Crippen molar-refractivity contribution in [3.8, 4) is 11.1 Å². The summed E-state index contributed by atoms with van der Waals surface area (Å²) < 4.78 is 0. The van der Waals surface area contributed by atoms with Gasteiger partial charge >= 0.3 is 0 Å².